The molecule has 1 fully saturated rings. The van der Waals surface area contributed by atoms with E-state index in [2.05, 4.69) is 10.3 Å². The normalized spacial score (nSPS) is 17.0. The summed E-state index contributed by atoms with van der Waals surface area (Å²) in [6.07, 6.45) is -0.786. The van der Waals surface area contributed by atoms with Gasteiger partial charge in [-0.1, -0.05) is 0 Å². The maximum Gasteiger partial charge on any atom is 0.328 e. The number of thiazole rings is 1. The van der Waals surface area contributed by atoms with Gasteiger partial charge < -0.3 is 5.32 Å². The summed E-state index contributed by atoms with van der Waals surface area (Å²) >= 11 is 1.52. The van der Waals surface area contributed by atoms with Gasteiger partial charge in [-0.25, -0.2) is 22.9 Å². The summed E-state index contributed by atoms with van der Waals surface area (Å²) in [7, 11) is 1.34. The van der Waals surface area contributed by atoms with Crippen molar-refractivity contribution in [1.29, 1.82) is 0 Å². The van der Waals surface area contributed by atoms with Gasteiger partial charge in [0.1, 0.15) is 6.17 Å². The Hall–Kier alpha value is -3.14. The van der Waals surface area contributed by atoms with Crippen LogP contribution >= 0.6 is 11.3 Å². The number of halogens is 3. The van der Waals surface area contributed by atoms with Crippen LogP contribution in [0.2, 0.25) is 0 Å². The number of urea groups is 1. The van der Waals surface area contributed by atoms with Gasteiger partial charge >= 0.3 is 6.03 Å². The van der Waals surface area contributed by atoms with Gasteiger partial charge in [0.2, 0.25) is 5.91 Å². The van der Waals surface area contributed by atoms with E-state index in [0.717, 1.165) is 37.8 Å². The number of nitrogens with one attached hydrogen (secondary N) is 1. The first-order valence-corrected chi connectivity index (χ1v) is 10.3. The lowest BCUT2D eigenvalue weighted by Crippen LogP contribution is -2.57. The van der Waals surface area contributed by atoms with Crippen LogP contribution < -0.4 is 5.32 Å². The summed E-state index contributed by atoms with van der Waals surface area (Å²) in [4.78, 5) is 31.8. The van der Waals surface area contributed by atoms with Crippen LogP contribution in [-0.4, -0.2) is 39.9 Å². The van der Waals surface area contributed by atoms with Crippen LogP contribution in [-0.2, 0) is 11.3 Å². The molecule has 3 amide bonds. The number of imide groups is 1. The fourth-order valence-electron chi connectivity index (χ4n) is 3.58. The Morgan fingerprint density at radius 3 is 2.48 bits per heavy atom. The van der Waals surface area contributed by atoms with Crippen LogP contribution in [0.3, 0.4) is 0 Å². The Bertz CT molecular complexity index is 1190. The quantitative estimate of drug-likeness (QED) is 0.595. The van der Waals surface area contributed by atoms with Gasteiger partial charge in [0.05, 0.1) is 21.6 Å². The maximum atomic E-state index is 13.7. The SMILES string of the molecule is Cc1nc2cc(C)c(NC3CC(=O)N(C)C(=O)N3Cc3cc(F)c(F)c(F)c3)cc2s1. The number of fused-ring (bicyclic) bond motifs is 1. The summed E-state index contributed by atoms with van der Waals surface area (Å²) < 4.78 is 41.6. The zero-order valence-electron chi connectivity index (χ0n) is 17.0. The molecule has 0 radical (unpaired) electrons. The number of benzene rings is 2. The zero-order valence-corrected chi connectivity index (χ0v) is 17.8. The number of amides is 3. The highest BCUT2D eigenvalue weighted by Crippen LogP contribution is 2.30. The Morgan fingerprint density at radius 2 is 1.81 bits per heavy atom. The summed E-state index contributed by atoms with van der Waals surface area (Å²) in [6, 6.07) is 4.88. The van der Waals surface area contributed by atoms with Crippen LogP contribution in [0.4, 0.5) is 23.7 Å². The van der Waals surface area contributed by atoms with Crippen LogP contribution in [0.1, 0.15) is 22.6 Å². The number of hydrogen-bond acceptors (Lipinski definition) is 5. The van der Waals surface area contributed by atoms with E-state index in [9.17, 15) is 22.8 Å². The summed E-state index contributed by atoms with van der Waals surface area (Å²) in [5, 5.41) is 4.13. The Labute approximate surface area is 180 Å². The average molecular weight is 448 g/mol. The summed E-state index contributed by atoms with van der Waals surface area (Å²) in [5.74, 6) is -4.63. The topological polar surface area (TPSA) is 65.5 Å². The molecule has 0 saturated carbocycles. The van der Waals surface area contributed by atoms with Crippen LogP contribution in [0.25, 0.3) is 10.2 Å². The molecule has 1 unspecified atom stereocenters. The van der Waals surface area contributed by atoms with Crippen molar-refractivity contribution in [3.05, 3.63) is 57.9 Å². The molecule has 0 spiro atoms. The number of carbonyl (C=O) groups is 2. The van der Waals surface area contributed by atoms with Crippen molar-refractivity contribution < 1.29 is 22.8 Å². The number of hydrogen-bond donors (Lipinski definition) is 1. The van der Waals surface area contributed by atoms with E-state index in [1.165, 1.54) is 23.3 Å². The summed E-state index contributed by atoms with van der Waals surface area (Å²) in [6.45, 7) is 3.58. The predicted octanol–water partition coefficient (Wildman–Crippen LogP) is 4.55. The van der Waals surface area contributed by atoms with Crippen molar-refractivity contribution in [3.8, 4) is 0 Å². The van der Waals surface area contributed by atoms with Crippen molar-refractivity contribution >= 4 is 39.2 Å². The van der Waals surface area contributed by atoms with E-state index < -0.39 is 29.6 Å². The van der Waals surface area contributed by atoms with Crippen molar-refractivity contribution in [2.45, 2.75) is 33.0 Å². The smallest absolute Gasteiger partial charge is 0.328 e. The van der Waals surface area contributed by atoms with Gasteiger partial charge in [-0.2, -0.15) is 0 Å². The van der Waals surface area contributed by atoms with Gasteiger partial charge in [-0.3, -0.25) is 14.6 Å². The summed E-state index contributed by atoms with van der Waals surface area (Å²) in [5.41, 5.74) is 2.52. The first kappa shape index (κ1) is 21.1. The predicted molar refractivity (Wildman–Crippen MR) is 111 cm³/mol. The minimum absolute atomic E-state index is 0.0341. The molecule has 1 aliphatic rings. The third-order valence-electron chi connectivity index (χ3n) is 5.21. The molecule has 1 saturated heterocycles. The minimum atomic E-state index is -1.57. The van der Waals surface area contributed by atoms with Crippen molar-refractivity contribution in [2.75, 3.05) is 12.4 Å². The standard InChI is InChI=1S/C21H19F3N4O2S/c1-10-4-16-17(31-11(2)25-16)7-15(10)26-18-8-19(29)27(3)21(30)28(18)9-12-5-13(22)20(24)14(23)6-12/h4-7,18,26H,8-9H2,1-3H3. The largest absolute Gasteiger partial charge is 0.364 e. The fourth-order valence-corrected chi connectivity index (χ4v) is 4.42. The minimum Gasteiger partial charge on any atom is -0.364 e. The molecule has 1 aliphatic heterocycles. The van der Waals surface area contributed by atoms with E-state index in [4.69, 9.17) is 0 Å². The second-order valence-corrected chi connectivity index (χ2v) is 8.70. The van der Waals surface area contributed by atoms with Gasteiger partial charge in [-0.05, 0) is 49.2 Å². The molecule has 162 valence electrons. The van der Waals surface area contributed by atoms with Crippen molar-refractivity contribution in [1.82, 2.24) is 14.8 Å². The molecule has 3 aromatic rings. The van der Waals surface area contributed by atoms with Crippen LogP contribution in [0.5, 0.6) is 0 Å². The number of aryl methyl sites for hydroxylation is 2. The highest BCUT2D eigenvalue weighted by molar-refractivity contribution is 7.18. The van der Waals surface area contributed by atoms with E-state index in [1.807, 2.05) is 26.0 Å². The lowest BCUT2D eigenvalue weighted by molar-refractivity contribution is -0.131. The Balaban J connectivity index is 1.67. The van der Waals surface area contributed by atoms with Crippen LogP contribution in [0.15, 0.2) is 24.3 Å². The van der Waals surface area contributed by atoms with E-state index in [-0.39, 0.29) is 24.4 Å². The Kier molecular flexibility index (Phi) is 5.34. The third-order valence-corrected chi connectivity index (χ3v) is 6.14. The van der Waals surface area contributed by atoms with E-state index >= 15 is 0 Å². The molecule has 1 aromatic heterocycles. The number of aromatic nitrogens is 1. The molecule has 6 nitrogen and oxygen atoms in total. The first-order valence-electron chi connectivity index (χ1n) is 9.49. The van der Waals surface area contributed by atoms with Gasteiger partial charge in [0, 0.05) is 19.3 Å². The molecule has 2 aromatic carbocycles. The molecular weight excluding hydrogens is 429 g/mol. The average Bonchev–Trinajstić information content (AvgIpc) is 3.06. The number of rotatable bonds is 4. The fraction of sp³-hybridized carbons (Fsp3) is 0.286. The number of carbonyl (C=O) groups excluding carboxylic acids is 2. The molecule has 0 aliphatic carbocycles. The highest BCUT2D eigenvalue weighted by atomic mass is 32.1. The van der Waals surface area contributed by atoms with Gasteiger partial charge in [0.25, 0.3) is 0 Å². The molecule has 0 bridgehead atoms. The second-order valence-electron chi connectivity index (χ2n) is 7.47. The van der Waals surface area contributed by atoms with Gasteiger partial charge in [-0.15, -0.1) is 11.3 Å². The molecule has 2 heterocycles. The lowest BCUT2D eigenvalue weighted by Gasteiger charge is -2.39. The van der Waals surface area contributed by atoms with E-state index in [1.54, 1.807) is 0 Å². The highest BCUT2D eigenvalue weighted by Gasteiger charge is 2.37. The third kappa shape index (κ3) is 3.95. The maximum absolute atomic E-state index is 13.7. The zero-order chi connectivity index (χ0) is 22.4. The molecule has 10 heteroatoms. The van der Waals surface area contributed by atoms with E-state index in [0.29, 0.717) is 5.69 Å². The van der Waals surface area contributed by atoms with Crippen molar-refractivity contribution in [2.24, 2.45) is 0 Å². The molecular formula is C21H19F3N4O2S. The van der Waals surface area contributed by atoms with Crippen LogP contribution in [0, 0.1) is 31.3 Å². The molecule has 1 N–H and O–H groups in total. The second kappa shape index (κ2) is 7.84. The molecule has 1 atom stereocenters. The number of nitrogens with zero attached hydrogens (tertiary/aromatic N) is 3. The molecule has 4 rings (SSSR count). The van der Waals surface area contributed by atoms with Crippen molar-refractivity contribution in [3.63, 3.8) is 0 Å². The number of anilines is 1. The van der Waals surface area contributed by atoms with Gasteiger partial charge in [0.15, 0.2) is 17.5 Å². The first-order chi connectivity index (χ1) is 14.6. The lowest BCUT2D eigenvalue weighted by atomic mass is 10.1. The monoisotopic (exact) mass is 448 g/mol. The Morgan fingerprint density at radius 1 is 1.13 bits per heavy atom. The molecule has 31 heavy (non-hydrogen) atoms.